The molecule has 0 spiro atoms. The summed E-state index contributed by atoms with van der Waals surface area (Å²) < 4.78 is 5.49. The van der Waals surface area contributed by atoms with Gasteiger partial charge in [-0.25, -0.2) is 0 Å². The maximum absolute atomic E-state index is 11.0. The van der Waals surface area contributed by atoms with Crippen LogP contribution < -0.4 is 15.8 Å². The lowest BCUT2D eigenvalue weighted by Gasteiger charge is -2.20. The van der Waals surface area contributed by atoms with Crippen molar-refractivity contribution in [3.63, 3.8) is 0 Å². The molecular formula is C18H20N2O2. The highest BCUT2D eigenvalue weighted by Gasteiger charge is 2.14. The SMILES string of the molecule is C[C@H](Oc1ccc(-c2cccc3c2CCNC3)cc1)C(N)=O. The lowest BCUT2D eigenvalue weighted by atomic mass is 9.91. The topological polar surface area (TPSA) is 64.3 Å². The number of nitrogens with one attached hydrogen (secondary N) is 1. The molecular weight excluding hydrogens is 276 g/mol. The first kappa shape index (κ1) is 14.6. The lowest BCUT2D eigenvalue weighted by molar-refractivity contribution is -0.123. The fourth-order valence-corrected chi connectivity index (χ4v) is 2.78. The fourth-order valence-electron chi connectivity index (χ4n) is 2.78. The second-order valence-corrected chi connectivity index (χ2v) is 5.56. The van der Waals surface area contributed by atoms with Crippen molar-refractivity contribution in [2.24, 2.45) is 5.73 Å². The molecule has 0 saturated carbocycles. The largest absolute Gasteiger partial charge is 0.481 e. The van der Waals surface area contributed by atoms with Gasteiger partial charge >= 0.3 is 0 Å². The molecule has 0 aromatic heterocycles. The van der Waals surface area contributed by atoms with E-state index in [0.717, 1.165) is 25.1 Å². The van der Waals surface area contributed by atoms with Crippen LogP contribution in [0.1, 0.15) is 18.1 Å². The summed E-state index contributed by atoms with van der Waals surface area (Å²) in [4.78, 5) is 11.0. The summed E-state index contributed by atoms with van der Waals surface area (Å²) >= 11 is 0. The molecule has 22 heavy (non-hydrogen) atoms. The van der Waals surface area contributed by atoms with Gasteiger partial charge in [0.1, 0.15) is 5.75 Å². The number of hydrogen-bond acceptors (Lipinski definition) is 3. The van der Waals surface area contributed by atoms with Gasteiger partial charge in [-0.15, -0.1) is 0 Å². The third-order valence-electron chi connectivity index (χ3n) is 4.02. The zero-order valence-corrected chi connectivity index (χ0v) is 12.6. The van der Waals surface area contributed by atoms with Crippen molar-refractivity contribution < 1.29 is 9.53 Å². The van der Waals surface area contributed by atoms with E-state index < -0.39 is 12.0 Å². The minimum absolute atomic E-state index is 0.464. The molecule has 0 radical (unpaired) electrons. The molecule has 0 bridgehead atoms. The molecule has 3 rings (SSSR count). The summed E-state index contributed by atoms with van der Waals surface area (Å²) in [5.41, 5.74) is 10.4. The van der Waals surface area contributed by atoms with Gasteiger partial charge in [-0.1, -0.05) is 30.3 Å². The third kappa shape index (κ3) is 2.97. The van der Waals surface area contributed by atoms with Crippen LogP contribution in [0.3, 0.4) is 0 Å². The van der Waals surface area contributed by atoms with E-state index in [2.05, 4.69) is 23.5 Å². The summed E-state index contributed by atoms with van der Waals surface area (Å²) in [6, 6.07) is 14.3. The lowest BCUT2D eigenvalue weighted by Crippen LogP contribution is -2.30. The van der Waals surface area contributed by atoms with Crippen LogP contribution in [0.25, 0.3) is 11.1 Å². The predicted molar refractivity (Wildman–Crippen MR) is 86.6 cm³/mol. The molecule has 2 aromatic carbocycles. The Morgan fingerprint density at radius 3 is 2.73 bits per heavy atom. The molecule has 1 amide bonds. The number of rotatable bonds is 4. The number of carbonyl (C=O) groups is 1. The molecule has 1 aliphatic heterocycles. The third-order valence-corrected chi connectivity index (χ3v) is 4.02. The van der Waals surface area contributed by atoms with Crippen molar-refractivity contribution in [2.45, 2.75) is 26.0 Å². The van der Waals surface area contributed by atoms with E-state index in [-0.39, 0.29) is 0 Å². The molecule has 0 unspecified atom stereocenters. The van der Waals surface area contributed by atoms with Crippen LogP contribution in [-0.2, 0) is 17.8 Å². The first-order chi connectivity index (χ1) is 10.6. The van der Waals surface area contributed by atoms with Gasteiger partial charge in [-0.05, 0) is 54.3 Å². The van der Waals surface area contributed by atoms with Crippen molar-refractivity contribution in [1.82, 2.24) is 5.32 Å². The Morgan fingerprint density at radius 2 is 2.00 bits per heavy atom. The number of primary amides is 1. The quantitative estimate of drug-likeness (QED) is 0.909. The van der Waals surface area contributed by atoms with Gasteiger partial charge in [0.2, 0.25) is 0 Å². The van der Waals surface area contributed by atoms with E-state index in [0.29, 0.717) is 5.75 Å². The summed E-state index contributed by atoms with van der Waals surface area (Å²) in [6.45, 7) is 3.60. The average molecular weight is 296 g/mol. The van der Waals surface area contributed by atoms with E-state index in [1.54, 1.807) is 6.92 Å². The van der Waals surface area contributed by atoms with Gasteiger partial charge in [-0.2, -0.15) is 0 Å². The zero-order valence-electron chi connectivity index (χ0n) is 12.6. The normalized spacial score (nSPS) is 15.0. The summed E-state index contributed by atoms with van der Waals surface area (Å²) in [5.74, 6) is 0.190. The fraction of sp³-hybridized carbons (Fsp3) is 0.278. The van der Waals surface area contributed by atoms with Gasteiger partial charge < -0.3 is 15.8 Å². The predicted octanol–water partition coefficient (Wildman–Crippen LogP) is 2.25. The van der Waals surface area contributed by atoms with Crippen molar-refractivity contribution in [3.8, 4) is 16.9 Å². The van der Waals surface area contributed by atoms with Gasteiger partial charge in [0.25, 0.3) is 5.91 Å². The number of hydrogen-bond donors (Lipinski definition) is 2. The molecule has 2 aromatic rings. The highest BCUT2D eigenvalue weighted by Crippen LogP contribution is 2.29. The molecule has 4 nitrogen and oxygen atoms in total. The molecule has 1 aliphatic rings. The molecule has 114 valence electrons. The molecule has 4 heteroatoms. The highest BCUT2D eigenvalue weighted by atomic mass is 16.5. The average Bonchev–Trinajstić information content (AvgIpc) is 2.55. The van der Waals surface area contributed by atoms with Crippen LogP contribution in [0.15, 0.2) is 42.5 Å². The van der Waals surface area contributed by atoms with E-state index in [1.807, 2.05) is 24.3 Å². The highest BCUT2D eigenvalue weighted by molar-refractivity contribution is 5.78. The summed E-state index contributed by atoms with van der Waals surface area (Å²) in [5, 5.41) is 3.40. The number of carbonyl (C=O) groups excluding carboxylic acids is 1. The standard InChI is InChI=1S/C18H20N2O2/c1-12(18(19)21)22-15-7-5-13(6-8-15)16-4-2-3-14-11-20-10-9-17(14)16/h2-8,12,20H,9-11H2,1H3,(H2,19,21)/t12-/m0/s1. The number of amides is 1. The van der Waals surface area contributed by atoms with Crippen molar-refractivity contribution in [3.05, 3.63) is 53.6 Å². The molecule has 1 atom stereocenters. The van der Waals surface area contributed by atoms with Crippen molar-refractivity contribution in [2.75, 3.05) is 6.54 Å². The number of nitrogens with two attached hydrogens (primary N) is 1. The van der Waals surface area contributed by atoms with Crippen LogP contribution in [0.5, 0.6) is 5.75 Å². The molecule has 3 N–H and O–H groups in total. The first-order valence-electron chi connectivity index (χ1n) is 7.53. The summed E-state index contributed by atoms with van der Waals surface area (Å²) in [7, 11) is 0. The maximum atomic E-state index is 11.0. The second kappa shape index (κ2) is 6.20. The molecule has 0 aliphatic carbocycles. The van der Waals surface area contributed by atoms with Gasteiger partial charge in [0.15, 0.2) is 6.10 Å². The minimum Gasteiger partial charge on any atom is -0.481 e. The van der Waals surface area contributed by atoms with Crippen LogP contribution in [0.2, 0.25) is 0 Å². The number of ether oxygens (including phenoxy) is 1. The van der Waals surface area contributed by atoms with Gasteiger partial charge in [0.05, 0.1) is 0 Å². The Kier molecular flexibility index (Phi) is 4.11. The Morgan fingerprint density at radius 1 is 1.23 bits per heavy atom. The zero-order chi connectivity index (χ0) is 15.5. The monoisotopic (exact) mass is 296 g/mol. The molecule has 0 fully saturated rings. The van der Waals surface area contributed by atoms with Crippen molar-refractivity contribution >= 4 is 5.91 Å². The van der Waals surface area contributed by atoms with Crippen LogP contribution in [0, 0.1) is 0 Å². The molecule has 1 heterocycles. The first-order valence-corrected chi connectivity index (χ1v) is 7.53. The molecule has 0 saturated heterocycles. The Labute approximate surface area is 130 Å². The number of fused-ring (bicyclic) bond motifs is 1. The van der Waals surface area contributed by atoms with E-state index in [9.17, 15) is 4.79 Å². The van der Waals surface area contributed by atoms with Gasteiger partial charge in [0, 0.05) is 6.54 Å². The minimum atomic E-state index is -0.624. The van der Waals surface area contributed by atoms with E-state index in [4.69, 9.17) is 10.5 Å². The second-order valence-electron chi connectivity index (χ2n) is 5.56. The van der Waals surface area contributed by atoms with Crippen LogP contribution >= 0.6 is 0 Å². The Hall–Kier alpha value is -2.33. The van der Waals surface area contributed by atoms with Crippen molar-refractivity contribution in [1.29, 1.82) is 0 Å². The smallest absolute Gasteiger partial charge is 0.258 e. The van der Waals surface area contributed by atoms with Crippen LogP contribution in [-0.4, -0.2) is 18.6 Å². The number of benzene rings is 2. The Bertz CT molecular complexity index is 680. The summed E-state index contributed by atoms with van der Waals surface area (Å²) in [6.07, 6.45) is 0.420. The van der Waals surface area contributed by atoms with E-state index in [1.165, 1.54) is 16.7 Å². The van der Waals surface area contributed by atoms with Gasteiger partial charge in [-0.3, -0.25) is 4.79 Å². The maximum Gasteiger partial charge on any atom is 0.258 e. The van der Waals surface area contributed by atoms with E-state index >= 15 is 0 Å². The Balaban J connectivity index is 1.86. The van der Waals surface area contributed by atoms with Crippen LogP contribution in [0.4, 0.5) is 0 Å².